The Hall–Kier alpha value is -0.940. The molecule has 2 saturated heterocycles. The molecule has 3 rings (SSSR count). The van der Waals surface area contributed by atoms with Crippen molar-refractivity contribution in [3.8, 4) is 0 Å². The molecule has 19 heavy (non-hydrogen) atoms. The van der Waals surface area contributed by atoms with E-state index in [-0.39, 0.29) is 12.2 Å². The van der Waals surface area contributed by atoms with Crippen LogP contribution in [-0.4, -0.2) is 47.2 Å². The van der Waals surface area contributed by atoms with Gasteiger partial charge in [-0.2, -0.15) is 0 Å². The predicted molar refractivity (Wildman–Crippen MR) is 71.6 cm³/mol. The number of rotatable bonds is 2. The van der Waals surface area contributed by atoms with E-state index in [1.807, 2.05) is 32.0 Å². The zero-order chi connectivity index (χ0) is 13.5. The van der Waals surface area contributed by atoms with Crippen LogP contribution in [0.15, 0.2) is 30.3 Å². The molecule has 4 nitrogen and oxygen atoms in total. The standard InChI is InChI=1S/C15H21NO3/c1-15(2)18-13-10-16(9-12(17)14(13)19-15)8-11-6-4-3-5-7-11/h3-7,12-14,17H,8-10H2,1-2H3/t12-,13-,14+/m1/s1. The second-order valence-corrected chi connectivity index (χ2v) is 5.89. The van der Waals surface area contributed by atoms with Gasteiger partial charge in [-0.3, -0.25) is 4.90 Å². The molecule has 4 heteroatoms. The van der Waals surface area contributed by atoms with Crippen LogP contribution in [0.25, 0.3) is 0 Å². The minimum absolute atomic E-state index is 0.0394. The molecular formula is C15H21NO3. The van der Waals surface area contributed by atoms with E-state index in [4.69, 9.17) is 9.47 Å². The van der Waals surface area contributed by atoms with E-state index < -0.39 is 11.9 Å². The number of nitrogens with zero attached hydrogens (tertiary/aromatic N) is 1. The Kier molecular flexibility index (Phi) is 3.35. The average Bonchev–Trinajstić information content (AvgIpc) is 2.65. The van der Waals surface area contributed by atoms with Crippen molar-refractivity contribution < 1.29 is 14.6 Å². The average molecular weight is 263 g/mol. The smallest absolute Gasteiger partial charge is 0.163 e. The number of fused-ring (bicyclic) bond motifs is 1. The van der Waals surface area contributed by atoms with Crippen LogP contribution in [0.4, 0.5) is 0 Å². The summed E-state index contributed by atoms with van der Waals surface area (Å²) in [5.41, 5.74) is 1.26. The lowest BCUT2D eigenvalue weighted by atomic mass is 10.0. The van der Waals surface area contributed by atoms with Gasteiger partial charge in [0.25, 0.3) is 0 Å². The summed E-state index contributed by atoms with van der Waals surface area (Å²) in [5, 5.41) is 10.2. The molecule has 0 bridgehead atoms. The van der Waals surface area contributed by atoms with E-state index in [9.17, 15) is 5.11 Å². The van der Waals surface area contributed by atoms with Gasteiger partial charge in [-0.1, -0.05) is 30.3 Å². The highest BCUT2D eigenvalue weighted by Crippen LogP contribution is 2.33. The molecule has 0 amide bonds. The van der Waals surface area contributed by atoms with E-state index >= 15 is 0 Å². The molecule has 0 spiro atoms. The Morgan fingerprint density at radius 2 is 1.95 bits per heavy atom. The van der Waals surface area contributed by atoms with Crippen molar-refractivity contribution in [3.63, 3.8) is 0 Å². The number of β-amino-alcohol motifs (C(OH)–C–C–N with tert-alkyl or cyclic N) is 1. The van der Waals surface area contributed by atoms with Crippen LogP contribution < -0.4 is 0 Å². The predicted octanol–water partition coefficient (Wildman–Crippen LogP) is 1.38. The fourth-order valence-electron chi connectivity index (χ4n) is 3.00. The maximum atomic E-state index is 10.2. The van der Waals surface area contributed by atoms with Crippen LogP contribution >= 0.6 is 0 Å². The van der Waals surface area contributed by atoms with Crippen LogP contribution in [0, 0.1) is 0 Å². The molecule has 1 aromatic carbocycles. The molecule has 2 aliphatic heterocycles. The number of benzene rings is 1. The number of ether oxygens (including phenoxy) is 2. The topological polar surface area (TPSA) is 41.9 Å². The van der Waals surface area contributed by atoms with Crippen molar-refractivity contribution >= 4 is 0 Å². The zero-order valence-electron chi connectivity index (χ0n) is 11.5. The van der Waals surface area contributed by atoms with Crippen molar-refractivity contribution in [2.45, 2.75) is 44.5 Å². The third kappa shape index (κ3) is 2.82. The minimum atomic E-state index is -0.584. The Balaban J connectivity index is 1.67. The first-order valence-electron chi connectivity index (χ1n) is 6.83. The Morgan fingerprint density at radius 1 is 1.21 bits per heavy atom. The van der Waals surface area contributed by atoms with Gasteiger partial charge < -0.3 is 14.6 Å². The molecule has 2 aliphatic rings. The van der Waals surface area contributed by atoms with Crippen molar-refractivity contribution in [2.75, 3.05) is 13.1 Å². The molecule has 0 unspecified atom stereocenters. The van der Waals surface area contributed by atoms with Crippen molar-refractivity contribution in [1.82, 2.24) is 4.90 Å². The molecule has 104 valence electrons. The number of piperidine rings is 1. The third-order valence-electron chi connectivity index (χ3n) is 3.73. The summed E-state index contributed by atoms with van der Waals surface area (Å²) in [5.74, 6) is -0.584. The molecule has 1 N–H and O–H groups in total. The summed E-state index contributed by atoms with van der Waals surface area (Å²) in [7, 11) is 0. The first-order chi connectivity index (χ1) is 9.03. The fourth-order valence-corrected chi connectivity index (χ4v) is 3.00. The molecule has 1 aromatic rings. The number of likely N-dealkylation sites (tertiary alicyclic amines) is 1. The summed E-state index contributed by atoms with van der Waals surface area (Å²) in [6.45, 7) is 6.08. The lowest BCUT2D eigenvalue weighted by Crippen LogP contribution is -2.53. The van der Waals surface area contributed by atoms with Crippen LogP contribution in [0.1, 0.15) is 19.4 Å². The van der Waals surface area contributed by atoms with Crippen LogP contribution in [0.5, 0.6) is 0 Å². The Morgan fingerprint density at radius 3 is 2.68 bits per heavy atom. The van der Waals surface area contributed by atoms with Crippen molar-refractivity contribution in [1.29, 1.82) is 0 Å². The summed E-state index contributed by atoms with van der Waals surface area (Å²) >= 11 is 0. The zero-order valence-corrected chi connectivity index (χ0v) is 11.5. The number of aliphatic hydroxyl groups excluding tert-OH is 1. The number of hydrogen-bond acceptors (Lipinski definition) is 4. The SMILES string of the molecule is CC1(C)O[C@H]2[C@H](O)CN(Cc3ccccc3)C[C@H]2O1. The lowest BCUT2D eigenvalue weighted by Gasteiger charge is -2.36. The molecule has 3 atom stereocenters. The summed E-state index contributed by atoms with van der Waals surface area (Å²) in [6.07, 6.45) is -0.714. The van der Waals surface area contributed by atoms with E-state index in [0.29, 0.717) is 6.54 Å². The molecule has 2 fully saturated rings. The molecule has 0 radical (unpaired) electrons. The van der Waals surface area contributed by atoms with Crippen LogP contribution in [0.2, 0.25) is 0 Å². The van der Waals surface area contributed by atoms with Gasteiger partial charge in [-0.05, 0) is 19.4 Å². The third-order valence-corrected chi connectivity index (χ3v) is 3.73. The molecular weight excluding hydrogens is 242 g/mol. The molecule has 0 aromatic heterocycles. The van der Waals surface area contributed by atoms with Gasteiger partial charge in [0.15, 0.2) is 5.79 Å². The monoisotopic (exact) mass is 263 g/mol. The minimum Gasteiger partial charge on any atom is -0.389 e. The van der Waals surface area contributed by atoms with E-state index in [1.54, 1.807) is 0 Å². The summed E-state index contributed by atoms with van der Waals surface area (Å²) < 4.78 is 11.6. The quantitative estimate of drug-likeness (QED) is 0.875. The van der Waals surface area contributed by atoms with E-state index in [0.717, 1.165) is 13.1 Å². The Bertz CT molecular complexity index is 434. The summed E-state index contributed by atoms with van der Waals surface area (Å²) in [6, 6.07) is 10.3. The highest BCUT2D eigenvalue weighted by Gasteiger charge is 2.48. The first kappa shape index (κ1) is 13.1. The highest BCUT2D eigenvalue weighted by atomic mass is 16.8. The van der Waals surface area contributed by atoms with Crippen LogP contribution in [0.3, 0.4) is 0 Å². The second-order valence-electron chi connectivity index (χ2n) is 5.89. The number of aliphatic hydroxyl groups is 1. The first-order valence-corrected chi connectivity index (χ1v) is 6.83. The van der Waals surface area contributed by atoms with Gasteiger partial charge in [0.1, 0.15) is 12.2 Å². The van der Waals surface area contributed by atoms with Gasteiger partial charge in [-0.25, -0.2) is 0 Å². The molecule has 2 heterocycles. The second kappa shape index (κ2) is 4.87. The van der Waals surface area contributed by atoms with E-state index in [1.165, 1.54) is 5.56 Å². The fraction of sp³-hybridized carbons (Fsp3) is 0.600. The van der Waals surface area contributed by atoms with Crippen molar-refractivity contribution in [2.24, 2.45) is 0 Å². The highest BCUT2D eigenvalue weighted by molar-refractivity contribution is 5.14. The van der Waals surface area contributed by atoms with E-state index in [2.05, 4.69) is 17.0 Å². The summed E-state index contributed by atoms with van der Waals surface area (Å²) in [4.78, 5) is 2.23. The van der Waals surface area contributed by atoms with Crippen molar-refractivity contribution in [3.05, 3.63) is 35.9 Å². The van der Waals surface area contributed by atoms with Crippen LogP contribution in [-0.2, 0) is 16.0 Å². The van der Waals surface area contributed by atoms with Gasteiger partial charge >= 0.3 is 0 Å². The molecule has 0 saturated carbocycles. The maximum absolute atomic E-state index is 10.2. The maximum Gasteiger partial charge on any atom is 0.163 e. The van der Waals surface area contributed by atoms with Gasteiger partial charge in [0.05, 0.1) is 6.10 Å². The molecule has 0 aliphatic carbocycles. The number of hydrogen-bond donors (Lipinski definition) is 1. The Labute approximate surface area is 113 Å². The largest absolute Gasteiger partial charge is 0.389 e. The van der Waals surface area contributed by atoms with Gasteiger partial charge in [0.2, 0.25) is 0 Å². The normalized spacial score (nSPS) is 34.2. The van der Waals surface area contributed by atoms with Gasteiger partial charge in [-0.15, -0.1) is 0 Å². The van der Waals surface area contributed by atoms with Gasteiger partial charge in [0, 0.05) is 19.6 Å². The lowest BCUT2D eigenvalue weighted by molar-refractivity contribution is -0.152.